The highest BCUT2D eigenvalue weighted by atomic mass is 127. The zero-order valence-electron chi connectivity index (χ0n) is 13.9. The van der Waals surface area contributed by atoms with Crippen LogP contribution in [0.4, 0.5) is 18.9 Å². The van der Waals surface area contributed by atoms with Gasteiger partial charge in [0.1, 0.15) is 0 Å². The lowest BCUT2D eigenvalue weighted by Crippen LogP contribution is -2.22. The van der Waals surface area contributed by atoms with Crippen molar-refractivity contribution in [1.82, 2.24) is 0 Å². The van der Waals surface area contributed by atoms with Crippen molar-refractivity contribution in [2.45, 2.75) is 20.0 Å². The van der Waals surface area contributed by atoms with Crippen molar-refractivity contribution in [3.8, 4) is 5.75 Å². The third kappa shape index (κ3) is 5.13. The van der Waals surface area contributed by atoms with Crippen molar-refractivity contribution in [2.75, 3.05) is 11.9 Å². The van der Waals surface area contributed by atoms with E-state index in [-0.39, 0.29) is 21.5 Å². The number of rotatable bonds is 4. The van der Waals surface area contributed by atoms with Crippen LogP contribution in [0.3, 0.4) is 0 Å². The van der Waals surface area contributed by atoms with E-state index in [4.69, 9.17) is 39.5 Å². The summed E-state index contributed by atoms with van der Waals surface area (Å²) < 4.78 is 45.1. The topological polar surface area (TPSA) is 38.3 Å². The Morgan fingerprint density at radius 2 is 1.67 bits per heavy atom. The molecule has 2 aromatic carbocycles. The monoisotopic (exact) mass is 551 g/mol. The van der Waals surface area contributed by atoms with Gasteiger partial charge in [-0.1, -0.05) is 34.8 Å². The summed E-state index contributed by atoms with van der Waals surface area (Å²) in [4.78, 5) is 12.1. The van der Waals surface area contributed by atoms with Gasteiger partial charge in [0.2, 0.25) is 0 Å². The van der Waals surface area contributed by atoms with Crippen LogP contribution in [0.5, 0.6) is 5.75 Å². The van der Waals surface area contributed by atoms with Crippen molar-refractivity contribution in [1.29, 1.82) is 0 Å². The average Bonchev–Trinajstić information content (AvgIpc) is 2.59. The molecule has 27 heavy (non-hydrogen) atoms. The van der Waals surface area contributed by atoms with Crippen LogP contribution in [0, 0.1) is 17.4 Å². The van der Waals surface area contributed by atoms with Crippen LogP contribution in [-0.2, 0) is 11.0 Å². The van der Waals surface area contributed by atoms with E-state index < -0.39 is 24.3 Å². The summed E-state index contributed by atoms with van der Waals surface area (Å²) >= 11 is 20.1. The van der Waals surface area contributed by atoms with Gasteiger partial charge in [0.05, 0.1) is 21.3 Å². The molecule has 0 aromatic heterocycles. The third-order valence-electron chi connectivity index (χ3n) is 3.62. The lowest BCUT2D eigenvalue weighted by Gasteiger charge is -2.17. The fourth-order valence-electron chi connectivity index (χ4n) is 2.22. The van der Waals surface area contributed by atoms with Gasteiger partial charge in [0, 0.05) is 8.59 Å². The Labute approximate surface area is 182 Å². The molecule has 0 aliphatic carbocycles. The zero-order valence-corrected chi connectivity index (χ0v) is 18.3. The standard InChI is InChI=1S/C17H12Cl3F3INO2/c1-7-13(18)8(2)15(20)16(14(7)19)27-6-12(26)25-11-4-3-9(24)5-10(11)17(21,22)23/h3-5H,6H2,1-2H3,(H,25,26). The molecule has 0 spiro atoms. The lowest BCUT2D eigenvalue weighted by atomic mass is 10.1. The highest BCUT2D eigenvalue weighted by Gasteiger charge is 2.34. The van der Waals surface area contributed by atoms with E-state index >= 15 is 0 Å². The molecule has 0 aliphatic heterocycles. The van der Waals surface area contributed by atoms with Crippen molar-refractivity contribution in [3.05, 3.63) is 53.5 Å². The number of benzene rings is 2. The second kappa shape index (κ2) is 8.63. The smallest absolute Gasteiger partial charge is 0.418 e. The van der Waals surface area contributed by atoms with Crippen molar-refractivity contribution in [2.24, 2.45) is 0 Å². The molecule has 2 aromatic rings. The number of hydrogen-bond acceptors (Lipinski definition) is 2. The highest BCUT2D eigenvalue weighted by Crippen LogP contribution is 2.42. The van der Waals surface area contributed by atoms with Crippen LogP contribution in [0.25, 0.3) is 0 Å². The first-order valence-electron chi connectivity index (χ1n) is 7.36. The number of ether oxygens (including phenoxy) is 1. The number of alkyl halides is 3. The molecule has 0 heterocycles. The van der Waals surface area contributed by atoms with E-state index in [2.05, 4.69) is 5.32 Å². The Kier molecular flexibility index (Phi) is 7.16. The summed E-state index contributed by atoms with van der Waals surface area (Å²) in [5.74, 6) is -0.745. The maximum atomic E-state index is 13.1. The summed E-state index contributed by atoms with van der Waals surface area (Å²) in [5, 5.41) is 2.83. The molecule has 0 unspecified atom stereocenters. The summed E-state index contributed by atoms with van der Waals surface area (Å²) in [6.07, 6.45) is -4.61. The van der Waals surface area contributed by atoms with E-state index in [0.29, 0.717) is 19.7 Å². The fraction of sp³-hybridized carbons (Fsp3) is 0.235. The molecule has 0 saturated heterocycles. The fourth-order valence-corrected chi connectivity index (χ4v) is 3.53. The van der Waals surface area contributed by atoms with E-state index in [9.17, 15) is 18.0 Å². The van der Waals surface area contributed by atoms with Gasteiger partial charge in [-0.15, -0.1) is 0 Å². The minimum Gasteiger partial charge on any atom is -0.481 e. The van der Waals surface area contributed by atoms with E-state index in [0.717, 1.165) is 6.07 Å². The largest absolute Gasteiger partial charge is 0.481 e. The zero-order chi connectivity index (χ0) is 20.5. The van der Waals surface area contributed by atoms with Crippen LogP contribution in [0.15, 0.2) is 18.2 Å². The molecular weight excluding hydrogens is 540 g/mol. The van der Waals surface area contributed by atoms with Gasteiger partial charge in [0.15, 0.2) is 12.4 Å². The van der Waals surface area contributed by atoms with Crippen molar-refractivity contribution < 1.29 is 22.7 Å². The first-order valence-corrected chi connectivity index (χ1v) is 9.57. The van der Waals surface area contributed by atoms with Crippen LogP contribution >= 0.6 is 57.4 Å². The molecule has 0 atom stereocenters. The first kappa shape index (κ1) is 22.4. The Balaban J connectivity index is 2.20. The molecule has 0 aliphatic rings. The number of halogens is 7. The molecule has 1 amide bonds. The maximum absolute atomic E-state index is 13.1. The molecule has 1 N–H and O–H groups in total. The predicted molar refractivity (Wildman–Crippen MR) is 109 cm³/mol. The van der Waals surface area contributed by atoms with Gasteiger partial charge in [-0.3, -0.25) is 4.79 Å². The van der Waals surface area contributed by atoms with Crippen molar-refractivity contribution in [3.63, 3.8) is 0 Å². The van der Waals surface area contributed by atoms with Crippen LogP contribution < -0.4 is 10.1 Å². The maximum Gasteiger partial charge on any atom is 0.418 e. The normalized spacial score (nSPS) is 11.4. The van der Waals surface area contributed by atoms with Gasteiger partial charge in [0.25, 0.3) is 5.91 Å². The van der Waals surface area contributed by atoms with Gasteiger partial charge in [-0.25, -0.2) is 0 Å². The SMILES string of the molecule is Cc1c(Cl)c(C)c(Cl)c(OCC(=O)Nc2ccc(I)cc2C(F)(F)F)c1Cl. The number of nitrogens with one attached hydrogen (secondary N) is 1. The number of carbonyl (C=O) groups is 1. The Hall–Kier alpha value is -0.900. The van der Waals surface area contributed by atoms with Gasteiger partial charge in [-0.2, -0.15) is 13.2 Å². The molecule has 0 saturated carbocycles. The van der Waals surface area contributed by atoms with Gasteiger partial charge in [-0.05, 0) is 65.8 Å². The quantitative estimate of drug-likeness (QED) is 0.419. The predicted octanol–water partition coefficient (Wildman–Crippen LogP) is 6.90. The molecule has 3 nitrogen and oxygen atoms in total. The minimum atomic E-state index is -4.61. The van der Waals surface area contributed by atoms with E-state index in [1.54, 1.807) is 36.4 Å². The van der Waals surface area contributed by atoms with E-state index in [1.807, 2.05) is 0 Å². The summed E-state index contributed by atoms with van der Waals surface area (Å²) in [6.45, 7) is 2.73. The van der Waals surface area contributed by atoms with Gasteiger partial charge >= 0.3 is 6.18 Å². The first-order chi connectivity index (χ1) is 12.4. The van der Waals surface area contributed by atoms with Crippen LogP contribution in [-0.4, -0.2) is 12.5 Å². The van der Waals surface area contributed by atoms with E-state index in [1.165, 1.54) is 12.1 Å². The van der Waals surface area contributed by atoms with Gasteiger partial charge < -0.3 is 10.1 Å². The van der Waals surface area contributed by atoms with Crippen LogP contribution in [0.2, 0.25) is 15.1 Å². The summed E-state index contributed by atoms with van der Waals surface area (Å²) in [6, 6.07) is 3.57. The molecule has 0 fully saturated rings. The third-order valence-corrected chi connectivity index (χ3v) is 5.77. The molecule has 10 heteroatoms. The summed E-state index contributed by atoms with van der Waals surface area (Å²) in [5.41, 5.74) is -0.269. The Bertz CT molecular complexity index is 875. The second-order valence-corrected chi connectivity index (χ2v) is 7.93. The Morgan fingerprint density at radius 3 is 2.19 bits per heavy atom. The summed E-state index contributed by atoms with van der Waals surface area (Å²) in [7, 11) is 0. The minimum absolute atomic E-state index is 0.0477. The molecule has 0 bridgehead atoms. The number of amides is 1. The highest BCUT2D eigenvalue weighted by molar-refractivity contribution is 14.1. The average molecular weight is 553 g/mol. The number of hydrogen-bond donors (Lipinski definition) is 1. The number of anilines is 1. The van der Waals surface area contributed by atoms with Crippen LogP contribution in [0.1, 0.15) is 16.7 Å². The molecule has 2 rings (SSSR count). The molecule has 146 valence electrons. The molecule has 0 radical (unpaired) electrons. The second-order valence-electron chi connectivity index (χ2n) is 5.55. The Morgan fingerprint density at radius 1 is 1.11 bits per heavy atom. The van der Waals surface area contributed by atoms with Crippen molar-refractivity contribution >= 4 is 69.0 Å². The molecular formula is C17H12Cl3F3INO2. The lowest BCUT2D eigenvalue weighted by molar-refractivity contribution is -0.137. The number of carbonyl (C=O) groups excluding carboxylic acids is 1.